The van der Waals surface area contributed by atoms with Gasteiger partial charge in [-0.15, -0.1) is 0 Å². The Kier molecular flexibility index (Phi) is 12.6. The molecule has 38 heavy (non-hydrogen) atoms. The number of phenols is 1. The molecule has 0 amide bonds. The van der Waals surface area contributed by atoms with Crippen molar-refractivity contribution in [3.05, 3.63) is 59.9 Å². The highest BCUT2D eigenvalue weighted by Crippen LogP contribution is 2.16. The number of carbonyl (C=O) groups is 3. The second kappa shape index (κ2) is 15.6. The zero-order chi connectivity index (χ0) is 28.0. The number of aliphatic carboxylic acids is 3. The maximum absolute atomic E-state index is 10.3. The van der Waals surface area contributed by atoms with Crippen LogP contribution in [-0.4, -0.2) is 103 Å². The largest absolute Gasteiger partial charge is 0.508 e. The van der Waals surface area contributed by atoms with Crippen LogP contribution in [0.2, 0.25) is 0 Å². The summed E-state index contributed by atoms with van der Waals surface area (Å²) in [5, 5.41) is 43.3. The molecule has 3 rings (SSSR count). The van der Waals surface area contributed by atoms with E-state index in [-0.39, 0.29) is 0 Å². The van der Waals surface area contributed by atoms with Gasteiger partial charge in [0.1, 0.15) is 5.75 Å². The van der Waals surface area contributed by atoms with Crippen molar-refractivity contribution in [1.29, 1.82) is 0 Å². The number of carboxylic acid groups (broad SMARTS) is 3. The monoisotopic (exact) mass is 533 g/mol. The number of morpholine rings is 1. The van der Waals surface area contributed by atoms with Gasteiger partial charge in [0.2, 0.25) is 0 Å². The molecule has 1 saturated heterocycles. The molecule has 12 heteroatoms. The molecule has 1 aromatic heterocycles. The molecule has 0 unspecified atom stereocenters. The molecular weight excluding hydrogens is 498 g/mol. The summed E-state index contributed by atoms with van der Waals surface area (Å²) >= 11 is 0. The van der Waals surface area contributed by atoms with Crippen LogP contribution in [0.4, 0.5) is 0 Å². The van der Waals surface area contributed by atoms with Crippen molar-refractivity contribution < 1.29 is 44.7 Å². The topological polar surface area (TPSA) is 181 Å². The third-order valence-electron chi connectivity index (χ3n) is 5.81. The standard InChI is InChI=1S/C20H27N3O2.C6H8O7/c24-20-6-4-18(5-7-20)16-23(17-19-3-1-8-21-15-19)10-2-9-22-11-13-25-14-12-22;7-3(8)1-6(13,5(11)12)2-4(9)10/h1,3-8,15,24H,2,9-14,16-17H2;13H,1-2H2,(H,7,8)(H,9,10)(H,11,12). The SMILES string of the molecule is O=C(O)CC(O)(CC(=O)O)C(=O)O.Oc1ccc(CN(CCCN2CCOCC2)Cc2cccnc2)cc1. The summed E-state index contributed by atoms with van der Waals surface area (Å²) < 4.78 is 5.42. The van der Waals surface area contributed by atoms with E-state index in [9.17, 15) is 19.5 Å². The molecule has 208 valence electrons. The molecule has 5 N–H and O–H groups in total. The fourth-order valence-corrected chi connectivity index (χ4v) is 3.88. The van der Waals surface area contributed by atoms with E-state index in [4.69, 9.17) is 25.2 Å². The predicted octanol–water partition coefficient (Wildman–Crippen LogP) is 1.26. The summed E-state index contributed by atoms with van der Waals surface area (Å²) in [6, 6.07) is 11.6. The number of hydrogen-bond acceptors (Lipinski definition) is 9. The number of aromatic nitrogens is 1. The van der Waals surface area contributed by atoms with Gasteiger partial charge in [-0.3, -0.25) is 24.4 Å². The Labute approximate surface area is 220 Å². The number of carboxylic acids is 3. The van der Waals surface area contributed by atoms with Gasteiger partial charge in [0, 0.05) is 45.1 Å². The number of phenolic OH excluding ortho intramolecular Hbond substituents is 1. The summed E-state index contributed by atoms with van der Waals surface area (Å²) in [5.41, 5.74) is -0.293. The summed E-state index contributed by atoms with van der Waals surface area (Å²) in [6.45, 7) is 7.70. The van der Waals surface area contributed by atoms with E-state index in [1.54, 1.807) is 12.1 Å². The maximum Gasteiger partial charge on any atom is 0.336 e. The minimum Gasteiger partial charge on any atom is -0.508 e. The molecule has 0 atom stereocenters. The van der Waals surface area contributed by atoms with Crippen LogP contribution in [0, 0.1) is 0 Å². The zero-order valence-corrected chi connectivity index (χ0v) is 21.1. The number of hydrogen-bond donors (Lipinski definition) is 5. The van der Waals surface area contributed by atoms with Crippen LogP contribution in [-0.2, 0) is 32.2 Å². The highest BCUT2D eigenvalue weighted by Gasteiger charge is 2.40. The van der Waals surface area contributed by atoms with Crippen LogP contribution < -0.4 is 0 Å². The van der Waals surface area contributed by atoms with Crippen LogP contribution in [0.5, 0.6) is 5.75 Å². The average Bonchev–Trinajstić information content (AvgIpc) is 2.86. The number of aromatic hydroxyl groups is 1. The van der Waals surface area contributed by atoms with Gasteiger partial charge < -0.3 is 30.3 Å². The Balaban J connectivity index is 0.000000332. The van der Waals surface area contributed by atoms with Crippen LogP contribution in [0.25, 0.3) is 0 Å². The number of aliphatic hydroxyl groups is 1. The molecule has 0 radical (unpaired) electrons. The molecule has 2 heterocycles. The quantitative estimate of drug-likeness (QED) is 0.249. The third-order valence-corrected chi connectivity index (χ3v) is 5.81. The van der Waals surface area contributed by atoms with E-state index < -0.39 is 36.4 Å². The highest BCUT2D eigenvalue weighted by molar-refractivity contribution is 5.88. The zero-order valence-electron chi connectivity index (χ0n) is 21.1. The summed E-state index contributed by atoms with van der Waals surface area (Å²) in [6.07, 6.45) is 2.60. The lowest BCUT2D eigenvalue weighted by Crippen LogP contribution is -2.42. The van der Waals surface area contributed by atoms with Crippen molar-refractivity contribution in [2.75, 3.05) is 39.4 Å². The van der Waals surface area contributed by atoms with Crippen LogP contribution in [0.1, 0.15) is 30.4 Å². The van der Waals surface area contributed by atoms with Crippen molar-refractivity contribution in [3.63, 3.8) is 0 Å². The Morgan fingerprint density at radius 3 is 2.08 bits per heavy atom. The molecule has 2 aromatic rings. The number of pyridine rings is 1. The van der Waals surface area contributed by atoms with Crippen LogP contribution >= 0.6 is 0 Å². The predicted molar refractivity (Wildman–Crippen MR) is 135 cm³/mol. The van der Waals surface area contributed by atoms with Crippen molar-refractivity contribution in [1.82, 2.24) is 14.8 Å². The Morgan fingerprint density at radius 2 is 1.55 bits per heavy atom. The molecule has 12 nitrogen and oxygen atoms in total. The van der Waals surface area contributed by atoms with E-state index in [2.05, 4.69) is 20.9 Å². The van der Waals surface area contributed by atoms with Gasteiger partial charge in [-0.05, 0) is 42.3 Å². The lowest BCUT2D eigenvalue weighted by atomic mass is 9.96. The molecule has 0 bridgehead atoms. The van der Waals surface area contributed by atoms with Crippen molar-refractivity contribution in [2.24, 2.45) is 0 Å². The smallest absolute Gasteiger partial charge is 0.336 e. The molecule has 1 aliphatic heterocycles. The van der Waals surface area contributed by atoms with E-state index >= 15 is 0 Å². The second-order valence-electron chi connectivity index (χ2n) is 9.02. The van der Waals surface area contributed by atoms with Gasteiger partial charge in [0.15, 0.2) is 5.60 Å². The van der Waals surface area contributed by atoms with E-state index in [0.717, 1.165) is 58.9 Å². The highest BCUT2D eigenvalue weighted by atomic mass is 16.5. The van der Waals surface area contributed by atoms with Crippen molar-refractivity contribution >= 4 is 17.9 Å². The summed E-state index contributed by atoms with van der Waals surface area (Å²) in [5.74, 6) is -4.70. The first-order valence-corrected chi connectivity index (χ1v) is 12.2. The normalized spacial score (nSPS) is 13.9. The van der Waals surface area contributed by atoms with Crippen LogP contribution in [0.15, 0.2) is 48.8 Å². The Bertz CT molecular complexity index is 996. The summed E-state index contributed by atoms with van der Waals surface area (Å²) in [7, 11) is 0. The molecular formula is C26H35N3O9. The molecule has 1 fully saturated rings. The first kappa shape index (κ1) is 30.6. The van der Waals surface area contributed by atoms with E-state index in [1.165, 1.54) is 11.1 Å². The maximum atomic E-state index is 10.3. The minimum atomic E-state index is -2.74. The van der Waals surface area contributed by atoms with Gasteiger partial charge in [0.25, 0.3) is 0 Å². The lowest BCUT2D eigenvalue weighted by molar-refractivity contribution is -0.170. The number of rotatable bonds is 13. The lowest BCUT2D eigenvalue weighted by Gasteiger charge is -2.28. The molecule has 1 aromatic carbocycles. The van der Waals surface area contributed by atoms with E-state index in [0.29, 0.717) is 5.75 Å². The molecule has 0 aliphatic carbocycles. The minimum absolute atomic E-state index is 0.315. The Morgan fingerprint density at radius 1 is 0.947 bits per heavy atom. The van der Waals surface area contributed by atoms with Crippen LogP contribution in [0.3, 0.4) is 0 Å². The first-order valence-electron chi connectivity index (χ1n) is 12.2. The third kappa shape index (κ3) is 11.6. The van der Waals surface area contributed by atoms with Gasteiger partial charge >= 0.3 is 17.9 Å². The van der Waals surface area contributed by atoms with Gasteiger partial charge in [-0.2, -0.15) is 0 Å². The fourth-order valence-electron chi connectivity index (χ4n) is 3.88. The van der Waals surface area contributed by atoms with Gasteiger partial charge in [-0.25, -0.2) is 4.79 Å². The van der Waals surface area contributed by atoms with Crippen molar-refractivity contribution in [3.8, 4) is 5.75 Å². The summed E-state index contributed by atoms with van der Waals surface area (Å²) in [4.78, 5) is 39.6. The first-order chi connectivity index (χ1) is 18.1. The molecule has 0 spiro atoms. The van der Waals surface area contributed by atoms with Crippen molar-refractivity contribution in [2.45, 2.75) is 38.0 Å². The number of nitrogens with zero attached hydrogens (tertiary/aromatic N) is 3. The molecule has 1 aliphatic rings. The molecule has 0 saturated carbocycles. The van der Waals surface area contributed by atoms with Gasteiger partial charge in [0.05, 0.1) is 26.1 Å². The van der Waals surface area contributed by atoms with Gasteiger partial charge in [-0.1, -0.05) is 18.2 Å². The van der Waals surface area contributed by atoms with E-state index in [1.807, 2.05) is 30.6 Å². The Hall–Kier alpha value is -3.58. The average molecular weight is 534 g/mol. The number of benzene rings is 1. The second-order valence-corrected chi connectivity index (χ2v) is 9.02. The fraction of sp³-hybridized carbons (Fsp3) is 0.462. The number of ether oxygens (including phenoxy) is 1.